The second-order valence-electron chi connectivity index (χ2n) is 33.6. The number of carbonyl (C=O) groups excluding carboxylic acids is 4. The van der Waals surface area contributed by atoms with Crippen LogP contribution in [0.5, 0.6) is 0 Å². The number of aldehydes is 1. The molecular weight excluding hydrogens is 1370 g/mol. The molecule has 2 saturated heterocycles. The summed E-state index contributed by atoms with van der Waals surface area (Å²) >= 11 is 0. The Morgan fingerprint density at radius 2 is 0.936 bits per heavy atom. The molecule has 0 aromatic heterocycles. The van der Waals surface area contributed by atoms with Crippen LogP contribution in [-0.2, 0) is 24.0 Å². The van der Waals surface area contributed by atoms with Gasteiger partial charge in [0, 0.05) is 37.5 Å². The van der Waals surface area contributed by atoms with Gasteiger partial charge in [0.2, 0.25) is 17.7 Å². The second-order valence-corrected chi connectivity index (χ2v) is 33.6. The van der Waals surface area contributed by atoms with E-state index in [1.807, 2.05) is 13.8 Å². The summed E-state index contributed by atoms with van der Waals surface area (Å²) in [6.07, 6.45) is 67.0. The van der Waals surface area contributed by atoms with Crippen molar-refractivity contribution in [2.24, 2.45) is 17.4 Å². The van der Waals surface area contributed by atoms with E-state index < -0.39 is 18.0 Å². The SMILES string of the molecule is CCCCCCCCCCCCCC1CC(=O)NCCCNCCCCNCCCN1.CCCCCCCCCCCCCC1CC(CCCN)NCCCN(C)CCCCN(C)CCCN1C.CCNCCCCCCCCCNCCCCCCCCCNCON[C@@H](CCC(N)=O)C(=O)N[C@H](C=O)CC(C)C. The van der Waals surface area contributed by atoms with E-state index in [1.54, 1.807) is 0 Å². The van der Waals surface area contributed by atoms with Crippen molar-refractivity contribution in [1.29, 1.82) is 0 Å². The molecule has 3 unspecified atom stereocenters. The number of primary amides is 1. The Hall–Kier alpha value is -2.44. The van der Waals surface area contributed by atoms with E-state index in [9.17, 15) is 19.2 Å². The van der Waals surface area contributed by atoms with Gasteiger partial charge in [-0.2, -0.15) is 5.48 Å². The Balaban J connectivity index is 0.00000164. The molecule has 20 heteroatoms. The number of hydroxylamine groups is 1. The Morgan fingerprint density at radius 1 is 0.500 bits per heavy atom. The van der Waals surface area contributed by atoms with Crippen LogP contribution < -0.4 is 64.8 Å². The number of rotatable bonds is 60. The predicted octanol–water partition coefficient (Wildman–Crippen LogP) is 15.5. The van der Waals surface area contributed by atoms with Gasteiger partial charge >= 0.3 is 0 Å². The highest BCUT2D eigenvalue weighted by atomic mass is 16.7. The molecule has 5 atom stereocenters. The number of hydrogen-bond donors (Lipinski definition) is 12. The number of hydrogen-bond acceptors (Lipinski definition) is 17. The summed E-state index contributed by atoms with van der Waals surface area (Å²) in [5.74, 6) is -0.389. The second kappa shape index (κ2) is 85.9. The minimum Gasteiger partial charge on any atom is -0.370 e. The molecular formula is C90H189N15O5. The molecule has 14 N–H and O–H groups in total. The Labute approximate surface area is 680 Å². The van der Waals surface area contributed by atoms with Crippen LogP contribution in [-0.4, -0.2) is 215 Å². The molecule has 2 aliphatic heterocycles. The van der Waals surface area contributed by atoms with Crippen molar-refractivity contribution in [2.75, 3.05) is 146 Å². The topological polar surface area (TPSA) is 260 Å². The minimum absolute atomic E-state index is 0.0480. The van der Waals surface area contributed by atoms with Gasteiger partial charge in [-0.1, -0.05) is 240 Å². The zero-order chi connectivity index (χ0) is 80.3. The third-order valence-corrected chi connectivity index (χ3v) is 22.2. The van der Waals surface area contributed by atoms with Gasteiger partial charge in [-0.3, -0.25) is 24.5 Å². The highest BCUT2D eigenvalue weighted by molar-refractivity contribution is 5.85. The lowest BCUT2D eigenvalue weighted by Gasteiger charge is -2.32. The first kappa shape index (κ1) is 108. The third-order valence-electron chi connectivity index (χ3n) is 22.2. The fraction of sp³-hybridized carbons (Fsp3) is 0.956. The Kier molecular flexibility index (Phi) is 84.0. The van der Waals surface area contributed by atoms with Crippen LogP contribution in [0.15, 0.2) is 0 Å². The first-order valence-corrected chi connectivity index (χ1v) is 47.2. The Morgan fingerprint density at radius 3 is 1.44 bits per heavy atom. The molecule has 2 fully saturated rings. The van der Waals surface area contributed by atoms with Crippen molar-refractivity contribution >= 4 is 24.0 Å². The van der Waals surface area contributed by atoms with Crippen molar-refractivity contribution in [3.8, 4) is 0 Å². The fourth-order valence-electron chi connectivity index (χ4n) is 15.1. The summed E-state index contributed by atoms with van der Waals surface area (Å²) in [6.45, 7) is 30.5. The lowest BCUT2D eigenvalue weighted by Crippen LogP contribution is -2.49. The molecule has 0 saturated carbocycles. The smallest absolute Gasteiger partial charge is 0.240 e. The van der Waals surface area contributed by atoms with Gasteiger partial charge in [-0.05, 0) is 260 Å². The summed E-state index contributed by atoms with van der Waals surface area (Å²) in [7, 11) is 7.00. The van der Waals surface area contributed by atoms with Crippen LogP contribution in [0.4, 0.5) is 0 Å². The van der Waals surface area contributed by atoms with Gasteiger partial charge in [-0.15, -0.1) is 0 Å². The maximum Gasteiger partial charge on any atom is 0.240 e. The summed E-state index contributed by atoms with van der Waals surface area (Å²) in [5.41, 5.74) is 13.9. The molecule has 2 heterocycles. The molecule has 2 aliphatic rings. The maximum atomic E-state index is 12.6. The van der Waals surface area contributed by atoms with Crippen LogP contribution in [0, 0.1) is 5.92 Å². The first-order chi connectivity index (χ1) is 53.8. The van der Waals surface area contributed by atoms with Crippen LogP contribution in [0.25, 0.3) is 0 Å². The minimum atomic E-state index is -0.762. The summed E-state index contributed by atoms with van der Waals surface area (Å²) in [6, 6.07) is 0.294. The van der Waals surface area contributed by atoms with Gasteiger partial charge < -0.3 is 73.5 Å². The summed E-state index contributed by atoms with van der Waals surface area (Å²) in [5, 5.41) is 30.7. The molecule has 0 radical (unpaired) electrons. The van der Waals surface area contributed by atoms with Crippen molar-refractivity contribution in [2.45, 2.75) is 405 Å². The molecule has 0 aromatic carbocycles. The monoisotopic (exact) mass is 1560 g/mol. The predicted molar refractivity (Wildman–Crippen MR) is 473 cm³/mol. The quantitative estimate of drug-likeness (QED) is 0.0117. The van der Waals surface area contributed by atoms with Gasteiger partial charge in [0.05, 0.1) is 6.04 Å². The van der Waals surface area contributed by atoms with Gasteiger partial charge in [-0.25, -0.2) is 0 Å². The molecule has 20 nitrogen and oxygen atoms in total. The average Bonchev–Trinajstić information content (AvgIpc) is 0.970. The van der Waals surface area contributed by atoms with E-state index in [0.29, 0.717) is 31.0 Å². The van der Waals surface area contributed by atoms with E-state index in [1.165, 1.54) is 322 Å². The van der Waals surface area contributed by atoms with Gasteiger partial charge in [0.25, 0.3) is 0 Å². The number of nitrogens with two attached hydrogens (primary N) is 2. The Bertz CT molecular complexity index is 1920. The largest absolute Gasteiger partial charge is 0.370 e. The summed E-state index contributed by atoms with van der Waals surface area (Å²) in [4.78, 5) is 60.6. The van der Waals surface area contributed by atoms with Crippen molar-refractivity contribution in [3.05, 3.63) is 0 Å². The van der Waals surface area contributed by atoms with E-state index >= 15 is 0 Å². The fourth-order valence-corrected chi connectivity index (χ4v) is 15.1. The summed E-state index contributed by atoms with van der Waals surface area (Å²) < 4.78 is 0. The van der Waals surface area contributed by atoms with E-state index in [-0.39, 0.29) is 37.3 Å². The maximum absolute atomic E-state index is 12.6. The molecule has 654 valence electrons. The highest BCUT2D eigenvalue weighted by Gasteiger charge is 2.24. The van der Waals surface area contributed by atoms with Crippen molar-refractivity contribution in [1.82, 2.24) is 68.0 Å². The van der Waals surface area contributed by atoms with Crippen LogP contribution in [0.3, 0.4) is 0 Å². The first-order valence-electron chi connectivity index (χ1n) is 47.2. The number of nitrogens with one attached hydrogen (secondary N) is 10. The van der Waals surface area contributed by atoms with Gasteiger partial charge in [0.15, 0.2) is 0 Å². The van der Waals surface area contributed by atoms with E-state index in [0.717, 1.165) is 117 Å². The normalized spacial score (nSPS) is 18.6. The molecule has 0 bridgehead atoms. The molecule has 2 rings (SSSR count). The van der Waals surface area contributed by atoms with Crippen molar-refractivity contribution < 1.29 is 24.0 Å². The third kappa shape index (κ3) is 78.1. The zero-order valence-electron chi connectivity index (χ0n) is 74.0. The number of unbranched alkanes of at least 4 members (excludes halogenated alkanes) is 32. The molecule has 0 spiro atoms. The van der Waals surface area contributed by atoms with Crippen LogP contribution >= 0.6 is 0 Å². The molecule has 110 heavy (non-hydrogen) atoms. The lowest BCUT2D eigenvalue weighted by molar-refractivity contribution is -0.131. The van der Waals surface area contributed by atoms with Gasteiger partial charge in [0.1, 0.15) is 19.1 Å². The van der Waals surface area contributed by atoms with Crippen LogP contribution in [0.2, 0.25) is 0 Å². The van der Waals surface area contributed by atoms with E-state index in [2.05, 4.69) is 110 Å². The van der Waals surface area contributed by atoms with E-state index in [4.69, 9.17) is 16.3 Å². The van der Waals surface area contributed by atoms with Crippen LogP contribution in [0.1, 0.15) is 375 Å². The average molecular weight is 1560 g/mol. The number of amides is 3. The number of nitrogens with zero attached hydrogens (tertiary/aromatic N) is 3. The van der Waals surface area contributed by atoms with Crippen molar-refractivity contribution in [3.63, 3.8) is 0 Å². The zero-order valence-corrected chi connectivity index (χ0v) is 74.0. The standard InChI is InChI=1S/C32H66N6O4.C32H69N5.C26H54N4O/c1-4-34-21-15-11-7-5-8-12-16-22-35-23-17-13-9-6-10-14-18-24-36-27-42-38-30(19-20-31(33)40)32(41)37-29(26-39)25-28(2)3;1-5-6-7-8-9-10-11-12-13-14-15-22-32-30-31(21-18-23-33)34-24-19-27-35(2)25-16-17-26-36(3)28-20-29-37(32)4;1-2-3-4-5-6-7-8-9-10-11-12-17-25-24-26(31)30-23-16-21-28-19-14-13-18-27-20-15-22-29-25/h26,28-30,34-36,38H,4-25,27H2,1-3H3,(H2,33,40)(H,37,41);31-32,34H,5-30,33H2,1-4H3;25,27-29H,2-24H2,1H3,(H,30,31)/t29-,30-;;/m0../s1. The molecule has 3 amide bonds. The molecule has 0 aliphatic carbocycles. The molecule has 0 aromatic rings. The lowest BCUT2D eigenvalue weighted by atomic mass is 9.96. The number of carbonyl (C=O) groups is 4. The highest BCUT2D eigenvalue weighted by Crippen LogP contribution is 2.21.